The normalized spacial score (nSPS) is 20.3. The summed E-state index contributed by atoms with van der Waals surface area (Å²) in [5.74, 6) is -0.632. The van der Waals surface area contributed by atoms with Crippen molar-refractivity contribution in [1.29, 1.82) is 0 Å². The third kappa shape index (κ3) is 2.81. The van der Waals surface area contributed by atoms with Crippen LogP contribution in [-0.4, -0.2) is 37.4 Å². The van der Waals surface area contributed by atoms with Gasteiger partial charge in [0.1, 0.15) is 11.4 Å². The monoisotopic (exact) mass is 330 g/mol. The van der Waals surface area contributed by atoms with Crippen LogP contribution in [0.1, 0.15) is 41.0 Å². The fourth-order valence-electron chi connectivity index (χ4n) is 3.46. The maximum Gasteiger partial charge on any atom is 0.306 e. The molecule has 2 N–H and O–H groups in total. The Kier molecular flexibility index (Phi) is 4.17. The molecule has 1 aliphatic carbocycles. The lowest BCUT2D eigenvalue weighted by Gasteiger charge is -2.15. The molecular weight excluding hydrogens is 308 g/mol. The van der Waals surface area contributed by atoms with Gasteiger partial charge in [0.15, 0.2) is 0 Å². The van der Waals surface area contributed by atoms with Crippen LogP contribution < -0.4 is 5.32 Å². The van der Waals surface area contributed by atoms with Crippen molar-refractivity contribution in [3.05, 3.63) is 35.3 Å². The molecule has 0 bridgehead atoms. The van der Waals surface area contributed by atoms with Gasteiger partial charge in [-0.15, -0.1) is 0 Å². The molecule has 0 unspecified atom stereocenters. The molecule has 2 aromatic heterocycles. The number of amides is 1. The van der Waals surface area contributed by atoms with Gasteiger partial charge in [0.05, 0.1) is 12.1 Å². The molecule has 2 heterocycles. The first kappa shape index (κ1) is 16.3. The number of hydrogen-bond acceptors (Lipinski definition) is 3. The van der Waals surface area contributed by atoms with Gasteiger partial charge >= 0.3 is 5.97 Å². The van der Waals surface area contributed by atoms with E-state index in [0.29, 0.717) is 24.8 Å². The summed E-state index contributed by atoms with van der Waals surface area (Å²) < 4.78 is 3.68. The summed E-state index contributed by atoms with van der Waals surface area (Å²) in [5, 5.41) is 16.3. The van der Waals surface area contributed by atoms with E-state index in [1.165, 1.54) is 0 Å². The molecule has 2 aromatic rings. The summed E-state index contributed by atoms with van der Waals surface area (Å²) in [7, 11) is 1.81. The second-order valence-corrected chi connectivity index (χ2v) is 6.48. The van der Waals surface area contributed by atoms with E-state index in [-0.39, 0.29) is 17.9 Å². The number of carbonyl (C=O) groups excluding carboxylic acids is 1. The maximum absolute atomic E-state index is 12.7. The van der Waals surface area contributed by atoms with Gasteiger partial charge in [-0.25, -0.2) is 0 Å². The molecule has 0 aromatic carbocycles. The highest BCUT2D eigenvalue weighted by atomic mass is 16.4. The number of aryl methyl sites for hydroxylation is 3. The van der Waals surface area contributed by atoms with Crippen molar-refractivity contribution in [2.24, 2.45) is 13.0 Å². The smallest absolute Gasteiger partial charge is 0.306 e. The number of carboxylic acids is 1. The van der Waals surface area contributed by atoms with Gasteiger partial charge in [0.25, 0.3) is 5.91 Å². The largest absolute Gasteiger partial charge is 0.481 e. The molecule has 1 saturated carbocycles. The standard InChI is InChI=1S/C17H22N4O3/c1-10-4-5-11(2)21(10)16-14(9-18-20(16)3)15(22)19-13-7-6-12(8-13)17(23)24/h4-5,9,12-13H,6-8H2,1-3H3,(H,19,22)(H,23,24)/t12-,13+/m1/s1. The van der Waals surface area contributed by atoms with Crippen LogP contribution in [0.15, 0.2) is 18.3 Å². The van der Waals surface area contributed by atoms with Gasteiger partial charge < -0.3 is 15.0 Å². The number of aromatic nitrogens is 3. The number of hydrogen-bond donors (Lipinski definition) is 2. The molecule has 1 amide bonds. The minimum atomic E-state index is -0.785. The Hall–Kier alpha value is -2.57. The van der Waals surface area contributed by atoms with Gasteiger partial charge in [0.2, 0.25) is 0 Å². The molecular formula is C17H22N4O3. The quantitative estimate of drug-likeness (QED) is 0.895. The Balaban J connectivity index is 1.84. The average Bonchev–Trinajstić information content (AvgIpc) is 3.20. The maximum atomic E-state index is 12.7. The summed E-state index contributed by atoms with van der Waals surface area (Å²) in [5.41, 5.74) is 2.55. The molecule has 3 rings (SSSR count). The summed E-state index contributed by atoms with van der Waals surface area (Å²) in [6, 6.07) is 3.90. The second kappa shape index (κ2) is 6.14. The van der Waals surface area contributed by atoms with Gasteiger partial charge in [-0.2, -0.15) is 5.10 Å². The zero-order valence-electron chi connectivity index (χ0n) is 14.1. The molecule has 0 spiro atoms. The van der Waals surface area contributed by atoms with Crippen LogP contribution in [0.2, 0.25) is 0 Å². The highest BCUT2D eigenvalue weighted by Gasteiger charge is 2.31. The zero-order valence-corrected chi connectivity index (χ0v) is 14.1. The Labute approximate surface area is 140 Å². The Bertz CT molecular complexity index is 770. The third-order valence-electron chi connectivity index (χ3n) is 4.75. The van der Waals surface area contributed by atoms with Crippen LogP contribution in [0.5, 0.6) is 0 Å². The van der Waals surface area contributed by atoms with Crippen molar-refractivity contribution in [2.75, 3.05) is 0 Å². The molecule has 2 atom stereocenters. The number of carbonyl (C=O) groups is 2. The average molecular weight is 330 g/mol. The molecule has 0 aliphatic heterocycles. The van der Waals surface area contributed by atoms with Gasteiger partial charge in [-0.3, -0.25) is 14.3 Å². The lowest BCUT2D eigenvalue weighted by molar-refractivity contribution is -0.141. The van der Waals surface area contributed by atoms with E-state index in [2.05, 4.69) is 10.4 Å². The Morgan fingerprint density at radius 3 is 2.50 bits per heavy atom. The molecule has 7 heteroatoms. The molecule has 128 valence electrons. The van der Waals surface area contributed by atoms with Crippen LogP contribution in [0.4, 0.5) is 0 Å². The fraction of sp³-hybridized carbons (Fsp3) is 0.471. The third-order valence-corrected chi connectivity index (χ3v) is 4.75. The zero-order chi connectivity index (χ0) is 17.4. The van der Waals surface area contributed by atoms with Crippen molar-refractivity contribution in [3.8, 4) is 5.82 Å². The SMILES string of the molecule is Cc1ccc(C)n1-c1c(C(=O)N[C@H]2CC[C@@H](C(=O)O)C2)cnn1C. The predicted molar refractivity (Wildman–Crippen MR) is 88.2 cm³/mol. The van der Waals surface area contributed by atoms with Gasteiger partial charge in [-0.1, -0.05) is 0 Å². The number of aliphatic carboxylic acids is 1. The highest BCUT2D eigenvalue weighted by molar-refractivity contribution is 5.97. The van der Waals surface area contributed by atoms with Crippen molar-refractivity contribution < 1.29 is 14.7 Å². The summed E-state index contributed by atoms with van der Waals surface area (Å²) >= 11 is 0. The Morgan fingerprint density at radius 2 is 1.92 bits per heavy atom. The topological polar surface area (TPSA) is 89.2 Å². The fourth-order valence-corrected chi connectivity index (χ4v) is 3.46. The number of nitrogens with zero attached hydrogens (tertiary/aromatic N) is 3. The molecule has 0 saturated heterocycles. The van der Waals surface area contributed by atoms with E-state index in [4.69, 9.17) is 5.11 Å². The number of rotatable bonds is 4. The van der Waals surface area contributed by atoms with E-state index in [9.17, 15) is 9.59 Å². The summed E-state index contributed by atoms with van der Waals surface area (Å²) in [6.45, 7) is 3.96. The van der Waals surface area contributed by atoms with E-state index in [1.807, 2.05) is 30.5 Å². The van der Waals surface area contributed by atoms with Gasteiger partial charge in [-0.05, 0) is 45.2 Å². The lowest BCUT2D eigenvalue weighted by Crippen LogP contribution is -2.34. The molecule has 1 fully saturated rings. The first-order valence-electron chi connectivity index (χ1n) is 8.09. The van der Waals surface area contributed by atoms with Crippen LogP contribution in [-0.2, 0) is 11.8 Å². The van der Waals surface area contributed by atoms with Crippen molar-refractivity contribution in [1.82, 2.24) is 19.7 Å². The predicted octanol–water partition coefficient (Wildman–Crippen LogP) is 1.81. The van der Waals surface area contributed by atoms with E-state index in [1.54, 1.807) is 17.9 Å². The second-order valence-electron chi connectivity index (χ2n) is 6.48. The van der Waals surface area contributed by atoms with Crippen LogP contribution in [0.25, 0.3) is 5.82 Å². The minimum absolute atomic E-state index is 0.0986. The van der Waals surface area contributed by atoms with Crippen molar-refractivity contribution in [2.45, 2.75) is 39.2 Å². The van der Waals surface area contributed by atoms with E-state index >= 15 is 0 Å². The highest BCUT2D eigenvalue weighted by Crippen LogP contribution is 2.26. The van der Waals surface area contributed by atoms with Crippen LogP contribution in [0, 0.1) is 19.8 Å². The van der Waals surface area contributed by atoms with Crippen molar-refractivity contribution >= 4 is 11.9 Å². The van der Waals surface area contributed by atoms with Crippen molar-refractivity contribution in [3.63, 3.8) is 0 Å². The first-order valence-corrected chi connectivity index (χ1v) is 8.09. The lowest BCUT2D eigenvalue weighted by atomic mass is 10.1. The number of nitrogens with one attached hydrogen (secondary N) is 1. The minimum Gasteiger partial charge on any atom is -0.481 e. The van der Waals surface area contributed by atoms with Gasteiger partial charge in [0, 0.05) is 24.5 Å². The van der Waals surface area contributed by atoms with E-state index < -0.39 is 5.97 Å². The molecule has 24 heavy (non-hydrogen) atoms. The molecule has 1 aliphatic rings. The molecule has 7 nitrogen and oxygen atoms in total. The number of carboxylic acid groups (broad SMARTS) is 1. The Morgan fingerprint density at radius 1 is 1.25 bits per heavy atom. The van der Waals surface area contributed by atoms with E-state index in [0.717, 1.165) is 17.2 Å². The first-order chi connectivity index (χ1) is 11.4. The summed E-state index contributed by atoms with van der Waals surface area (Å²) in [6.07, 6.45) is 3.35. The van der Waals surface area contributed by atoms with Crippen LogP contribution >= 0.6 is 0 Å². The molecule has 0 radical (unpaired) electrons. The summed E-state index contributed by atoms with van der Waals surface area (Å²) in [4.78, 5) is 23.8. The van der Waals surface area contributed by atoms with Crippen LogP contribution in [0.3, 0.4) is 0 Å².